The van der Waals surface area contributed by atoms with Crippen LogP contribution in [0.25, 0.3) is 0 Å². The van der Waals surface area contributed by atoms with Crippen LogP contribution in [-0.4, -0.2) is 31.3 Å². The molecule has 0 saturated heterocycles. The van der Waals surface area contributed by atoms with E-state index in [1.54, 1.807) is 6.92 Å². The molecule has 0 unspecified atom stereocenters. The van der Waals surface area contributed by atoms with E-state index in [2.05, 4.69) is 9.47 Å². The average Bonchev–Trinajstić information content (AvgIpc) is 2.29. The molecule has 0 amide bonds. The summed E-state index contributed by atoms with van der Waals surface area (Å²) in [5, 5.41) is 9.71. The Morgan fingerprint density at radius 2 is 1.44 bits per heavy atom. The number of esters is 2. The smallest absolute Gasteiger partial charge is 0.341 e. The summed E-state index contributed by atoms with van der Waals surface area (Å²) in [6.45, 7) is 1.69. The second-order valence-electron chi connectivity index (χ2n) is 3.19. The Hall–Kier alpha value is -2.04. The lowest BCUT2D eigenvalue weighted by molar-refractivity contribution is 0.0592. The SMILES string of the molecule is COC(=O)c1cc(C)cc(C(=O)OC)c1O. The minimum Gasteiger partial charge on any atom is -0.506 e. The Kier molecular flexibility index (Phi) is 3.50. The fraction of sp³-hybridized carbons (Fsp3) is 0.273. The summed E-state index contributed by atoms with van der Waals surface area (Å²) in [5.41, 5.74) is 0.546. The van der Waals surface area contributed by atoms with Crippen molar-refractivity contribution in [3.8, 4) is 5.75 Å². The van der Waals surface area contributed by atoms with Crippen molar-refractivity contribution in [2.45, 2.75) is 6.92 Å². The lowest BCUT2D eigenvalue weighted by atomic mass is 10.0. The highest BCUT2D eigenvalue weighted by Crippen LogP contribution is 2.25. The van der Waals surface area contributed by atoms with Gasteiger partial charge in [-0.25, -0.2) is 9.59 Å². The molecule has 1 aromatic rings. The second kappa shape index (κ2) is 4.65. The molecule has 1 N–H and O–H groups in total. The maximum Gasteiger partial charge on any atom is 0.341 e. The molecule has 0 bridgehead atoms. The Morgan fingerprint density at radius 1 is 1.06 bits per heavy atom. The topological polar surface area (TPSA) is 72.8 Å². The Morgan fingerprint density at radius 3 is 1.75 bits per heavy atom. The van der Waals surface area contributed by atoms with Crippen molar-refractivity contribution in [3.63, 3.8) is 0 Å². The number of benzene rings is 1. The molecule has 86 valence electrons. The summed E-state index contributed by atoms with van der Waals surface area (Å²) in [6, 6.07) is 2.88. The second-order valence-corrected chi connectivity index (χ2v) is 3.19. The maximum absolute atomic E-state index is 11.3. The van der Waals surface area contributed by atoms with Crippen molar-refractivity contribution < 1.29 is 24.2 Å². The van der Waals surface area contributed by atoms with E-state index in [0.717, 1.165) is 0 Å². The molecule has 1 aromatic carbocycles. The third-order valence-electron chi connectivity index (χ3n) is 2.06. The van der Waals surface area contributed by atoms with E-state index < -0.39 is 17.7 Å². The van der Waals surface area contributed by atoms with Gasteiger partial charge < -0.3 is 14.6 Å². The molecular formula is C11H12O5. The maximum atomic E-state index is 11.3. The summed E-state index contributed by atoms with van der Waals surface area (Å²) in [4.78, 5) is 22.6. The van der Waals surface area contributed by atoms with Crippen LogP contribution in [-0.2, 0) is 9.47 Å². The first-order valence-corrected chi connectivity index (χ1v) is 4.51. The minimum atomic E-state index is -0.702. The molecule has 0 aliphatic rings. The van der Waals surface area contributed by atoms with Crippen LogP contribution in [0.15, 0.2) is 12.1 Å². The van der Waals surface area contributed by atoms with Crippen LogP contribution in [0.1, 0.15) is 26.3 Å². The average molecular weight is 224 g/mol. The van der Waals surface area contributed by atoms with E-state index in [-0.39, 0.29) is 11.1 Å². The predicted molar refractivity (Wildman–Crippen MR) is 55.5 cm³/mol. The van der Waals surface area contributed by atoms with Crippen LogP contribution in [0.2, 0.25) is 0 Å². The number of methoxy groups -OCH3 is 2. The molecule has 16 heavy (non-hydrogen) atoms. The molecule has 0 aromatic heterocycles. The molecule has 0 aliphatic heterocycles. The van der Waals surface area contributed by atoms with Crippen LogP contribution < -0.4 is 0 Å². The van der Waals surface area contributed by atoms with Gasteiger partial charge in [0.2, 0.25) is 0 Å². The number of carbonyl (C=O) groups excluding carboxylic acids is 2. The van der Waals surface area contributed by atoms with Gasteiger partial charge in [-0.1, -0.05) is 0 Å². The van der Waals surface area contributed by atoms with Gasteiger partial charge in [0.05, 0.1) is 14.2 Å². The van der Waals surface area contributed by atoms with Gasteiger partial charge in [-0.05, 0) is 24.6 Å². The summed E-state index contributed by atoms with van der Waals surface area (Å²) < 4.78 is 8.98. The molecule has 0 fully saturated rings. The Labute approximate surface area is 92.6 Å². The third kappa shape index (κ3) is 2.13. The number of phenolic OH excluding ortho intramolecular Hbond substituents is 1. The standard InChI is InChI=1S/C11H12O5/c1-6-4-7(10(13)15-2)9(12)8(5-6)11(14)16-3/h4-5,12H,1-3H3. The number of hydrogen-bond acceptors (Lipinski definition) is 5. The first-order valence-electron chi connectivity index (χ1n) is 4.51. The van der Waals surface area contributed by atoms with Gasteiger partial charge in [0, 0.05) is 0 Å². The van der Waals surface area contributed by atoms with Crippen molar-refractivity contribution in [2.24, 2.45) is 0 Å². The fourth-order valence-corrected chi connectivity index (χ4v) is 1.31. The number of aryl methyl sites for hydroxylation is 1. The third-order valence-corrected chi connectivity index (χ3v) is 2.06. The van der Waals surface area contributed by atoms with E-state index >= 15 is 0 Å². The molecule has 0 radical (unpaired) electrons. The summed E-state index contributed by atoms with van der Waals surface area (Å²) in [6.07, 6.45) is 0. The van der Waals surface area contributed by atoms with Crippen LogP contribution in [0.5, 0.6) is 5.75 Å². The van der Waals surface area contributed by atoms with Gasteiger partial charge in [0.15, 0.2) is 0 Å². The number of hydrogen-bond donors (Lipinski definition) is 1. The molecule has 0 heterocycles. The first kappa shape index (κ1) is 12.0. The van der Waals surface area contributed by atoms with Crippen molar-refractivity contribution in [2.75, 3.05) is 14.2 Å². The van der Waals surface area contributed by atoms with Crippen LogP contribution >= 0.6 is 0 Å². The first-order chi connectivity index (χ1) is 7.51. The number of phenols is 1. The van der Waals surface area contributed by atoms with Gasteiger partial charge in [0.1, 0.15) is 16.9 Å². The highest BCUT2D eigenvalue weighted by molar-refractivity contribution is 6.00. The number of ether oxygens (including phenoxy) is 2. The van der Waals surface area contributed by atoms with Crippen molar-refractivity contribution in [3.05, 3.63) is 28.8 Å². The van der Waals surface area contributed by atoms with E-state index in [1.165, 1.54) is 26.4 Å². The van der Waals surface area contributed by atoms with E-state index in [4.69, 9.17) is 0 Å². The van der Waals surface area contributed by atoms with E-state index in [1.807, 2.05) is 0 Å². The lowest BCUT2D eigenvalue weighted by Gasteiger charge is -2.08. The van der Waals surface area contributed by atoms with E-state index in [9.17, 15) is 14.7 Å². The largest absolute Gasteiger partial charge is 0.506 e. The van der Waals surface area contributed by atoms with Gasteiger partial charge in [-0.3, -0.25) is 0 Å². The predicted octanol–water partition coefficient (Wildman–Crippen LogP) is 1.27. The van der Waals surface area contributed by atoms with Gasteiger partial charge in [-0.2, -0.15) is 0 Å². The zero-order valence-electron chi connectivity index (χ0n) is 9.23. The van der Waals surface area contributed by atoms with Crippen molar-refractivity contribution in [1.29, 1.82) is 0 Å². The van der Waals surface area contributed by atoms with Crippen molar-refractivity contribution in [1.82, 2.24) is 0 Å². The summed E-state index contributed by atoms with van der Waals surface area (Å²) in [7, 11) is 2.39. The van der Waals surface area contributed by atoms with Gasteiger partial charge >= 0.3 is 11.9 Å². The van der Waals surface area contributed by atoms with Crippen LogP contribution in [0, 0.1) is 6.92 Å². The Balaban J connectivity index is 3.37. The molecular weight excluding hydrogens is 212 g/mol. The highest BCUT2D eigenvalue weighted by Gasteiger charge is 2.20. The minimum absolute atomic E-state index is 0.0529. The summed E-state index contributed by atoms with van der Waals surface area (Å²) in [5.74, 6) is -1.83. The lowest BCUT2D eigenvalue weighted by Crippen LogP contribution is -2.08. The van der Waals surface area contributed by atoms with Gasteiger partial charge in [-0.15, -0.1) is 0 Å². The normalized spacial score (nSPS) is 9.69. The molecule has 0 spiro atoms. The monoisotopic (exact) mass is 224 g/mol. The fourth-order valence-electron chi connectivity index (χ4n) is 1.31. The van der Waals surface area contributed by atoms with Gasteiger partial charge in [0.25, 0.3) is 0 Å². The zero-order valence-corrected chi connectivity index (χ0v) is 9.23. The number of rotatable bonds is 2. The molecule has 0 saturated carbocycles. The summed E-state index contributed by atoms with van der Waals surface area (Å²) >= 11 is 0. The van der Waals surface area contributed by atoms with Crippen LogP contribution in [0.4, 0.5) is 0 Å². The number of aromatic hydroxyl groups is 1. The molecule has 1 rings (SSSR count). The van der Waals surface area contributed by atoms with Crippen LogP contribution in [0.3, 0.4) is 0 Å². The van der Waals surface area contributed by atoms with E-state index in [0.29, 0.717) is 5.56 Å². The molecule has 0 atom stereocenters. The quantitative estimate of drug-likeness (QED) is 0.766. The Bertz CT molecular complexity index is 399. The van der Waals surface area contributed by atoms with Crippen molar-refractivity contribution >= 4 is 11.9 Å². The number of carbonyl (C=O) groups is 2. The highest BCUT2D eigenvalue weighted by atomic mass is 16.5. The zero-order chi connectivity index (χ0) is 12.3. The molecule has 5 nitrogen and oxygen atoms in total. The molecule has 0 aliphatic carbocycles. The molecule has 5 heteroatoms.